The van der Waals surface area contributed by atoms with Crippen LogP contribution in [0.5, 0.6) is 5.75 Å². The predicted octanol–water partition coefficient (Wildman–Crippen LogP) is 2.16. The summed E-state index contributed by atoms with van der Waals surface area (Å²) in [5, 5.41) is 17.5. The van der Waals surface area contributed by atoms with Crippen molar-refractivity contribution in [2.75, 3.05) is 0 Å². The van der Waals surface area contributed by atoms with Crippen molar-refractivity contribution in [1.82, 2.24) is 0 Å². The molecular weight excluding hydrogens is 291 g/mol. The van der Waals surface area contributed by atoms with Gasteiger partial charge in [0, 0.05) is 23.1 Å². The highest BCUT2D eigenvalue weighted by molar-refractivity contribution is 6.33. The lowest BCUT2D eigenvalue weighted by molar-refractivity contribution is 0.277. The van der Waals surface area contributed by atoms with E-state index in [0.29, 0.717) is 5.56 Å². The van der Waals surface area contributed by atoms with Gasteiger partial charge in [-0.1, -0.05) is 12.1 Å². The smallest absolute Gasteiger partial charge is 0.509 e. The van der Waals surface area contributed by atoms with E-state index in [9.17, 15) is 17.6 Å². The minimum absolute atomic E-state index is 0.113. The van der Waals surface area contributed by atoms with Gasteiger partial charge in [-0.2, -0.15) is 4.39 Å². The number of rotatable bonds is 2. The first-order valence-electron chi connectivity index (χ1n) is 5.91. The molecule has 3 nitrogen and oxygen atoms in total. The third kappa shape index (κ3) is 1.98. The molecule has 0 aliphatic heterocycles. The summed E-state index contributed by atoms with van der Waals surface area (Å²) in [6.45, 7) is 0. The van der Waals surface area contributed by atoms with Gasteiger partial charge in [-0.25, -0.2) is 13.2 Å². The second-order valence-corrected chi connectivity index (χ2v) is 4.52. The molecule has 108 valence electrons. The van der Waals surface area contributed by atoms with E-state index in [-0.39, 0.29) is 17.5 Å². The molecule has 0 spiro atoms. The minimum Gasteiger partial charge on any atom is -0.509 e. The first-order valence-corrected chi connectivity index (χ1v) is 5.91. The molecule has 0 radical (unpaired) electrons. The van der Waals surface area contributed by atoms with Crippen LogP contribution in [0.25, 0.3) is 11.1 Å². The summed E-state index contributed by atoms with van der Waals surface area (Å²) in [5.41, 5.74) is -0.482. The Morgan fingerprint density at radius 2 is 1.67 bits per heavy atom. The molecular formula is C13H7BF4O3. The van der Waals surface area contributed by atoms with Gasteiger partial charge in [-0.15, -0.1) is 0 Å². The van der Waals surface area contributed by atoms with Crippen molar-refractivity contribution in [1.29, 1.82) is 0 Å². The molecule has 1 aliphatic rings. The molecule has 0 unspecified atom stereocenters. The van der Waals surface area contributed by atoms with Gasteiger partial charge >= 0.3 is 7.32 Å². The molecule has 0 saturated carbocycles. The molecule has 0 amide bonds. The Balaban J connectivity index is 2.34. The lowest BCUT2D eigenvalue weighted by Gasteiger charge is -2.13. The van der Waals surface area contributed by atoms with Crippen molar-refractivity contribution in [3.8, 4) is 16.9 Å². The SMILES string of the molecule is OB(O)Oc1c(F)c(F)c(F)c2c1Cc1cccc(F)c1-2. The van der Waals surface area contributed by atoms with Crippen LogP contribution < -0.4 is 4.65 Å². The molecule has 2 N–H and O–H groups in total. The fraction of sp³-hybridized carbons (Fsp3) is 0.0769. The van der Waals surface area contributed by atoms with E-state index in [2.05, 4.69) is 4.65 Å². The summed E-state index contributed by atoms with van der Waals surface area (Å²) in [6, 6.07) is 3.93. The maximum Gasteiger partial charge on any atom is 0.707 e. The molecule has 0 bridgehead atoms. The van der Waals surface area contributed by atoms with Crippen LogP contribution in [0.1, 0.15) is 11.1 Å². The monoisotopic (exact) mass is 298 g/mol. The Morgan fingerprint density at radius 3 is 2.33 bits per heavy atom. The molecule has 8 heteroatoms. The van der Waals surface area contributed by atoms with Gasteiger partial charge in [0.1, 0.15) is 11.6 Å². The third-order valence-electron chi connectivity index (χ3n) is 3.32. The average molecular weight is 298 g/mol. The molecule has 1 aliphatic carbocycles. The van der Waals surface area contributed by atoms with Crippen molar-refractivity contribution in [3.05, 3.63) is 52.6 Å². The van der Waals surface area contributed by atoms with Gasteiger partial charge in [-0.05, 0) is 11.6 Å². The normalized spacial score (nSPS) is 12.1. The molecule has 0 atom stereocenters. The quantitative estimate of drug-likeness (QED) is 0.433. The van der Waals surface area contributed by atoms with Crippen LogP contribution in [-0.4, -0.2) is 17.4 Å². The van der Waals surface area contributed by atoms with Gasteiger partial charge in [0.15, 0.2) is 11.6 Å². The number of benzene rings is 2. The van der Waals surface area contributed by atoms with Crippen LogP contribution in [0.3, 0.4) is 0 Å². The molecule has 3 rings (SSSR count). The predicted molar refractivity (Wildman–Crippen MR) is 65.3 cm³/mol. The molecule has 0 heterocycles. The second-order valence-electron chi connectivity index (χ2n) is 4.52. The van der Waals surface area contributed by atoms with E-state index in [0.717, 1.165) is 6.07 Å². The van der Waals surface area contributed by atoms with E-state index >= 15 is 0 Å². The van der Waals surface area contributed by atoms with Gasteiger partial charge < -0.3 is 14.7 Å². The van der Waals surface area contributed by atoms with Crippen molar-refractivity contribution in [2.24, 2.45) is 0 Å². The van der Waals surface area contributed by atoms with Gasteiger partial charge in [0.05, 0.1) is 0 Å². The Morgan fingerprint density at radius 1 is 0.952 bits per heavy atom. The van der Waals surface area contributed by atoms with Crippen molar-refractivity contribution < 1.29 is 32.3 Å². The maximum absolute atomic E-state index is 14.0. The van der Waals surface area contributed by atoms with Crippen LogP contribution in [0.4, 0.5) is 17.6 Å². The van der Waals surface area contributed by atoms with E-state index in [1.807, 2.05) is 0 Å². The van der Waals surface area contributed by atoms with Gasteiger partial charge in [0.2, 0.25) is 5.82 Å². The number of halogens is 4. The Kier molecular flexibility index (Phi) is 3.14. The van der Waals surface area contributed by atoms with Crippen molar-refractivity contribution in [3.63, 3.8) is 0 Å². The van der Waals surface area contributed by atoms with Crippen LogP contribution in [0.15, 0.2) is 18.2 Å². The molecule has 0 saturated heterocycles. The second kappa shape index (κ2) is 4.75. The van der Waals surface area contributed by atoms with E-state index in [1.54, 1.807) is 0 Å². The summed E-state index contributed by atoms with van der Waals surface area (Å²) >= 11 is 0. The molecule has 0 fully saturated rings. The third-order valence-corrected chi connectivity index (χ3v) is 3.32. The largest absolute Gasteiger partial charge is 0.707 e. The fourth-order valence-electron chi connectivity index (χ4n) is 2.53. The van der Waals surface area contributed by atoms with Crippen molar-refractivity contribution in [2.45, 2.75) is 6.42 Å². The number of fused-ring (bicyclic) bond motifs is 3. The highest BCUT2D eigenvalue weighted by Crippen LogP contribution is 2.46. The number of hydrogen-bond acceptors (Lipinski definition) is 3. The Bertz CT molecular complexity index is 749. The molecule has 2 aromatic carbocycles. The molecule has 2 aromatic rings. The zero-order valence-electron chi connectivity index (χ0n) is 10.3. The highest BCUT2D eigenvalue weighted by Gasteiger charge is 2.35. The summed E-state index contributed by atoms with van der Waals surface area (Å²) < 4.78 is 59.6. The number of hydrogen-bond donors (Lipinski definition) is 2. The van der Waals surface area contributed by atoms with Gasteiger partial charge in [-0.3, -0.25) is 0 Å². The first kappa shape index (κ1) is 13.9. The zero-order chi connectivity index (χ0) is 15.3. The molecule has 0 aromatic heterocycles. The maximum atomic E-state index is 14.0. The summed E-state index contributed by atoms with van der Waals surface area (Å²) in [5.74, 6) is -6.71. The fourth-order valence-corrected chi connectivity index (χ4v) is 2.53. The Labute approximate surface area is 116 Å². The highest BCUT2D eigenvalue weighted by atomic mass is 19.2. The first-order chi connectivity index (χ1) is 9.91. The zero-order valence-corrected chi connectivity index (χ0v) is 10.3. The minimum atomic E-state index is -2.41. The van der Waals surface area contributed by atoms with Crippen LogP contribution >= 0.6 is 0 Å². The summed E-state index contributed by atoms with van der Waals surface area (Å²) in [6.07, 6.45) is -0.113. The van der Waals surface area contributed by atoms with Crippen molar-refractivity contribution >= 4 is 7.32 Å². The topological polar surface area (TPSA) is 49.7 Å². The lowest BCUT2D eigenvalue weighted by atomic mass is 10.0. The lowest BCUT2D eigenvalue weighted by Crippen LogP contribution is -2.22. The van der Waals surface area contributed by atoms with E-state index < -0.39 is 41.9 Å². The van der Waals surface area contributed by atoms with Crippen LogP contribution in [0, 0.1) is 23.3 Å². The van der Waals surface area contributed by atoms with Gasteiger partial charge in [0.25, 0.3) is 0 Å². The standard InChI is InChI=1S/C13H7BF4O3/c15-7-3-1-2-5-4-6-9(8(5)7)10(16)11(17)12(18)13(6)21-14(19)20/h1-3,19-20H,4H2. The molecule has 21 heavy (non-hydrogen) atoms. The summed E-state index contributed by atoms with van der Waals surface area (Å²) in [7, 11) is -2.41. The average Bonchev–Trinajstić information content (AvgIpc) is 2.81. The van der Waals surface area contributed by atoms with Crippen LogP contribution in [0.2, 0.25) is 0 Å². The summed E-state index contributed by atoms with van der Waals surface area (Å²) in [4.78, 5) is 0. The van der Waals surface area contributed by atoms with E-state index in [4.69, 9.17) is 10.0 Å². The van der Waals surface area contributed by atoms with E-state index in [1.165, 1.54) is 12.1 Å². The van der Waals surface area contributed by atoms with Crippen LogP contribution in [-0.2, 0) is 6.42 Å². The Hall–Kier alpha value is -2.06.